The molecule has 7 nitrogen and oxygen atoms in total. The molecule has 5 rings (SSSR count). The van der Waals surface area contributed by atoms with Crippen LogP contribution in [0.5, 0.6) is 0 Å². The first-order valence-electron chi connectivity index (χ1n) is 13.1. The number of para-hydroxylation sites is 1. The van der Waals surface area contributed by atoms with Crippen molar-refractivity contribution in [2.45, 2.75) is 18.7 Å². The fourth-order valence-electron chi connectivity index (χ4n) is 4.88. The minimum atomic E-state index is -1.47. The summed E-state index contributed by atoms with van der Waals surface area (Å²) in [6, 6.07) is 25.4. The van der Waals surface area contributed by atoms with E-state index in [4.69, 9.17) is 0 Å². The van der Waals surface area contributed by atoms with E-state index in [1.54, 1.807) is 30.5 Å². The van der Waals surface area contributed by atoms with Gasteiger partial charge in [0.2, 0.25) is 0 Å². The van der Waals surface area contributed by atoms with Crippen LogP contribution in [0.2, 0.25) is 0 Å². The number of rotatable bonds is 8. The van der Waals surface area contributed by atoms with E-state index in [9.17, 15) is 9.00 Å². The minimum absolute atomic E-state index is 0.0208. The van der Waals surface area contributed by atoms with Crippen LogP contribution in [-0.4, -0.2) is 59.3 Å². The van der Waals surface area contributed by atoms with Gasteiger partial charge in [-0.1, -0.05) is 18.2 Å². The number of benzene rings is 3. The van der Waals surface area contributed by atoms with Crippen LogP contribution in [0.4, 0.5) is 17.1 Å². The Morgan fingerprint density at radius 1 is 0.895 bits per heavy atom. The standard InChI is InChI=1S/C30H33N5O2S/c1-3-33(4-2)26-14-16-27(17-15-26)34-19-21-35(22-20-34)30(36)24-10-12-25(13-11-24)32-38(37)28-9-5-7-23-8-6-18-31-29(23)28/h5-18,32H,3-4,19-22H2,1-2H3. The Labute approximate surface area is 226 Å². The molecule has 1 aliphatic heterocycles. The van der Waals surface area contributed by atoms with E-state index in [0.29, 0.717) is 34.8 Å². The van der Waals surface area contributed by atoms with Crippen molar-refractivity contribution in [3.63, 3.8) is 0 Å². The van der Waals surface area contributed by atoms with Crippen LogP contribution >= 0.6 is 0 Å². The topological polar surface area (TPSA) is 68.8 Å². The predicted octanol–water partition coefficient (Wildman–Crippen LogP) is 5.18. The van der Waals surface area contributed by atoms with Crippen LogP contribution in [0.3, 0.4) is 0 Å². The fraction of sp³-hybridized carbons (Fsp3) is 0.267. The lowest BCUT2D eigenvalue weighted by molar-refractivity contribution is 0.0747. The summed E-state index contributed by atoms with van der Waals surface area (Å²) in [4.78, 5) is 24.7. The number of fused-ring (bicyclic) bond motifs is 1. The van der Waals surface area contributed by atoms with Crippen LogP contribution in [0.1, 0.15) is 24.2 Å². The van der Waals surface area contributed by atoms with Gasteiger partial charge in [-0.05, 0) is 74.5 Å². The van der Waals surface area contributed by atoms with Gasteiger partial charge in [0.05, 0.1) is 10.4 Å². The molecule has 4 aromatic rings. The van der Waals surface area contributed by atoms with Gasteiger partial charge in [-0.25, -0.2) is 4.21 Å². The van der Waals surface area contributed by atoms with Crippen molar-refractivity contribution < 1.29 is 9.00 Å². The van der Waals surface area contributed by atoms with Crippen LogP contribution in [-0.2, 0) is 11.0 Å². The van der Waals surface area contributed by atoms with Crippen LogP contribution < -0.4 is 14.5 Å². The maximum Gasteiger partial charge on any atom is 0.253 e. The van der Waals surface area contributed by atoms with Crippen molar-refractivity contribution >= 4 is 44.9 Å². The number of piperazine rings is 1. The summed E-state index contributed by atoms with van der Waals surface area (Å²) in [6.45, 7) is 9.28. The van der Waals surface area contributed by atoms with E-state index >= 15 is 0 Å². The second-order valence-electron chi connectivity index (χ2n) is 9.25. The second-order valence-corrected chi connectivity index (χ2v) is 10.4. The Bertz CT molecular complexity index is 1410. The normalized spacial score (nSPS) is 14.4. The number of aromatic nitrogens is 1. The molecule has 3 aromatic carbocycles. The van der Waals surface area contributed by atoms with Gasteiger partial charge >= 0.3 is 0 Å². The van der Waals surface area contributed by atoms with Crippen molar-refractivity contribution in [1.29, 1.82) is 0 Å². The largest absolute Gasteiger partial charge is 0.372 e. The maximum absolute atomic E-state index is 13.1. The number of nitrogens with zero attached hydrogens (tertiary/aromatic N) is 4. The van der Waals surface area contributed by atoms with Gasteiger partial charge in [-0.2, -0.15) is 0 Å². The summed E-state index contributed by atoms with van der Waals surface area (Å²) in [5.74, 6) is 0.0208. The number of carbonyl (C=O) groups is 1. The molecule has 0 bridgehead atoms. The summed E-state index contributed by atoms with van der Waals surface area (Å²) in [6.07, 6.45) is 1.70. The van der Waals surface area contributed by atoms with E-state index in [-0.39, 0.29) is 5.91 Å². The monoisotopic (exact) mass is 527 g/mol. The van der Waals surface area contributed by atoms with Gasteiger partial charge in [0.25, 0.3) is 5.91 Å². The molecule has 0 aliphatic carbocycles. The van der Waals surface area contributed by atoms with Crippen LogP contribution in [0, 0.1) is 0 Å². The molecule has 2 heterocycles. The number of nitrogens with one attached hydrogen (secondary N) is 1. The molecule has 1 amide bonds. The molecule has 0 spiro atoms. The SMILES string of the molecule is CCN(CC)c1ccc(N2CCN(C(=O)c3ccc(NS(=O)c4cccc5cccnc45)cc3)CC2)cc1. The third kappa shape index (κ3) is 5.50. The molecule has 1 atom stereocenters. The van der Waals surface area contributed by atoms with Crippen LogP contribution in [0.25, 0.3) is 10.9 Å². The van der Waals surface area contributed by atoms with Crippen molar-refractivity contribution in [3.8, 4) is 0 Å². The van der Waals surface area contributed by atoms with Gasteiger partial charge in [-0.3, -0.25) is 9.78 Å². The Balaban J connectivity index is 1.18. The lowest BCUT2D eigenvalue weighted by atomic mass is 10.1. The maximum atomic E-state index is 13.1. The Kier molecular flexibility index (Phi) is 7.89. The van der Waals surface area contributed by atoms with Crippen molar-refractivity contribution in [3.05, 3.63) is 90.6 Å². The molecule has 8 heteroatoms. The molecule has 0 saturated carbocycles. The van der Waals surface area contributed by atoms with E-state index in [0.717, 1.165) is 31.6 Å². The predicted molar refractivity (Wildman–Crippen MR) is 156 cm³/mol. The number of hydrogen-bond donors (Lipinski definition) is 1. The van der Waals surface area contributed by atoms with E-state index in [1.807, 2.05) is 35.2 Å². The fourth-order valence-corrected chi connectivity index (χ4v) is 5.89. The zero-order chi connectivity index (χ0) is 26.5. The van der Waals surface area contributed by atoms with Crippen molar-refractivity contribution in [2.75, 3.05) is 53.8 Å². The lowest BCUT2D eigenvalue weighted by Gasteiger charge is -2.36. The second kappa shape index (κ2) is 11.6. The average Bonchev–Trinajstić information content (AvgIpc) is 2.98. The molecule has 38 heavy (non-hydrogen) atoms. The summed E-state index contributed by atoms with van der Waals surface area (Å²) in [7, 11) is -1.47. The molecule has 1 N–H and O–H groups in total. The first-order valence-corrected chi connectivity index (χ1v) is 14.2. The van der Waals surface area contributed by atoms with Gasteiger partial charge in [0, 0.05) is 73.5 Å². The summed E-state index contributed by atoms with van der Waals surface area (Å²) in [5.41, 5.74) is 4.46. The van der Waals surface area contributed by atoms with Gasteiger partial charge in [-0.15, -0.1) is 0 Å². The molecule has 1 saturated heterocycles. The van der Waals surface area contributed by atoms with Crippen molar-refractivity contribution in [1.82, 2.24) is 9.88 Å². The van der Waals surface area contributed by atoms with Gasteiger partial charge < -0.3 is 19.4 Å². The quantitative estimate of drug-likeness (QED) is 0.342. The minimum Gasteiger partial charge on any atom is -0.372 e. The Morgan fingerprint density at radius 3 is 2.26 bits per heavy atom. The van der Waals surface area contributed by atoms with Gasteiger partial charge in [0.15, 0.2) is 11.0 Å². The molecule has 1 unspecified atom stereocenters. The lowest BCUT2D eigenvalue weighted by Crippen LogP contribution is -2.48. The molecular weight excluding hydrogens is 494 g/mol. The molecule has 196 valence electrons. The van der Waals surface area contributed by atoms with E-state index in [2.05, 4.69) is 57.6 Å². The first kappa shape index (κ1) is 25.7. The third-order valence-electron chi connectivity index (χ3n) is 7.05. The summed E-state index contributed by atoms with van der Waals surface area (Å²) < 4.78 is 16.0. The summed E-state index contributed by atoms with van der Waals surface area (Å²) >= 11 is 0. The third-order valence-corrected chi connectivity index (χ3v) is 8.20. The highest BCUT2D eigenvalue weighted by molar-refractivity contribution is 7.86. The molecule has 1 aliphatic rings. The zero-order valence-corrected chi connectivity index (χ0v) is 22.7. The number of hydrogen-bond acceptors (Lipinski definition) is 5. The Morgan fingerprint density at radius 2 is 1.58 bits per heavy atom. The number of pyridine rings is 1. The Hall–Kier alpha value is -3.91. The molecule has 1 aromatic heterocycles. The highest BCUT2D eigenvalue weighted by atomic mass is 32.2. The summed E-state index contributed by atoms with van der Waals surface area (Å²) in [5, 5.41) is 0.942. The molecular formula is C30H33N5O2S. The van der Waals surface area contributed by atoms with Gasteiger partial charge in [0.1, 0.15) is 0 Å². The highest BCUT2D eigenvalue weighted by Gasteiger charge is 2.22. The highest BCUT2D eigenvalue weighted by Crippen LogP contribution is 2.24. The molecule has 0 radical (unpaired) electrons. The number of anilines is 3. The molecule has 1 fully saturated rings. The smallest absolute Gasteiger partial charge is 0.253 e. The van der Waals surface area contributed by atoms with E-state index in [1.165, 1.54) is 11.4 Å². The number of amides is 1. The zero-order valence-electron chi connectivity index (χ0n) is 21.8. The average molecular weight is 528 g/mol. The van der Waals surface area contributed by atoms with Crippen molar-refractivity contribution in [2.24, 2.45) is 0 Å². The number of carbonyl (C=O) groups excluding carboxylic acids is 1. The first-order chi connectivity index (χ1) is 18.6. The van der Waals surface area contributed by atoms with Crippen LogP contribution in [0.15, 0.2) is 90.0 Å². The van der Waals surface area contributed by atoms with E-state index < -0.39 is 11.0 Å².